The van der Waals surface area contributed by atoms with Gasteiger partial charge in [0.05, 0.1) is 11.6 Å². The van der Waals surface area contributed by atoms with Crippen LogP contribution in [0.4, 0.5) is 0 Å². The van der Waals surface area contributed by atoms with Crippen molar-refractivity contribution in [3.8, 4) is 22.8 Å². The van der Waals surface area contributed by atoms with E-state index in [2.05, 4.69) is 10.2 Å². The van der Waals surface area contributed by atoms with Crippen LogP contribution in [0, 0.1) is 0 Å². The Kier molecular flexibility index (Phi) is 4.70. The highest BCUT2D eigenvalue weighted by atomic mass is 35.5. The van der Waals surface area contributed by atoms with Crippen molar-refractivity contribution in [1.29, 1.82) is 0 Å². The summed E-state index contributed by atoms with van der Waals surface area (Å²) in [5.41, 5.74) is 3.89. The van der Waals surface area contributed by atoms with Crippen molar-refractivity contribution in [2.24, 2.45) is 0 Å². The number of aromatic amines is 1. The van der Waals surface area contributed by atoms with E-state index < -0.39 is 0 Å². The summed E-state index contributed by atoms with van der Waals surface area (Å²) in [5.74, 6) is -0.468. The molecule has 1 aliphatic heterocycles. The van der Waals surface area contributed by atoms with Gasteiger partial charge in [-0.3, -0.25) is 9.89 Å². The molecule has 0 bridgehead atoms. The van der Waals surface area contributed by atoms with Gasteiger partial charge in [0.25, 0.3) is 5.91 Å². The van der Waals surface area contributed by atoms with Crippen molar-refractivity contribution in [3.63, 3.8) is 0 Å². The Hall–Kier alpha value is -3.03. The number of aliphatic hydroxyl groups is 1. The molecule has 0 fully saturated rings. The number of fused-ring (bicyclic) bond motifs is 1. The van der Waals surface area contributed by atoms with Crippen molar-refractivity contribution in [1.82, 2.24) is 15.1 Å². The first-order chi connectivity index (χ1) is 13.5. The zero-order chi connectivity index (χ0) is 19.8. The summed E-state index contributed by atoms with van der Waals surface area (Å²) in [4.78, 5) is 14.6. The van der Waals surface area contributed by atoms with Crippen molar-refractivity contribution < 1.29 is 20.1 Å². The Morgan fingerprint density at radius 1 is 1.18 bits per heavy atom. The molecule has 2 heterocycles. The number of aliphatic hydroxyl groups excluding tert-OH is 1. The second kappa shape index (κ2) is 7.18. The van der Waals surface area contributed by atoms with E-state index in [0.29, 0.717) is 36.3 Å². The van der Waals surface area contributed by atoms with Crippen LogP contribution in [-0.4, -0.2) is 42.9 Å². The molecule has 1 amide bonds. The maximum Gasteiger partial charge on any atom is 0.254 e. The number of hydrogen-bond acceptors (Lipinski definition) is 5. The number of benzene rings is 2. The van der Waals surface area contributed by atoms with E-state index in [0.717, 1.165) is 16.8 Å². The standard InChI is InChI=1S/C20H18ClN3O4/c21-15-7-13(17(26)8-18(15)27)19-14-9-24(6-5-16(14)22-23-19)20(28)12-3-1-11(10-25)2-4-12/h1-4,7-8,25-27H,5-6,9-10H2,(H,22,23). The minimum Gasteiger partial charge on any atom is -0.507 e. The SMILES string of the molecule is O=C(c1ccc(CO)cc1)N1CCc2[nH]nc(-c3cc(Cl)c(O)cc3O)c2C1. The lowest BCUT2D eigenvalue weighted by atomic mass is 9.99. The van der Waals surface area contributed by atoms with Crippen LogP contribution >= 0.6 is 11.6 Å². The molecule has 0 saturated heterocycles. The number of carbonyl (C=O) groups is 1. The van der Waals surface area contributed by atoms with E-state index in [1.165, 1.54) is 12.1 Å². The molecule has 1 aromatic heterocycles. The van der Waals surface area contributed by atoms with Gasteiger partial charge in [-0.05, 0) is 23.8 Å². The minimum atomic E-state index is -0.213. The highest BCUT2D eigenvalue weighted by molar-refractivity contribution is 6.32. The lowest BCUT2D eigenvalue weighted by Gasteiger charge is -2.27. The molecule has 0 spiro atoms. The quantitative estimate of drug-likeness (QED) is 0.541. The topological polar surface area (TPSA) is 110 Å². The number of H-pyrrole nitrogens is 1. The van der Waals surface area contributed by atoms with Gasteiger partial charge in [-0.1, -0.05) is 23.7 Å². The van der Waals surface area contributed by atoms with E-state index in [9.17, 15) is 15.0 Å². The van der Waals surface area contributed by atoms with Gasteiger partial charge < -0.3 is 20.2 Å². The van der Waals surface area contributed by atoms with E-state index in [1.54, 1.807) is 29.2 Å². The summed E-state index contributed by atoms with van der Waals surface area (Å²) in [6.45, 7) is 0.801. The van der Waals surface area contributed by atoms with E-state index >= 15 is 0 Å². The molecule has 28 heavy (non-hydrogen) atoms. The number of nitrogens with one attached hydrogen (secondary N) is 1. The van der Waals surface area contributed by atoms with Gasteiger partial charge in [0.1, 0.15) is 17.2 Å². The molecule has 0 atom stereocenters. The molecule has 4 N–H and O–H groups in total. The van der Waals surface area contributed by atoms with Gasteiger partial charge in [0, 0.05) is 48.0 Å². The molecule has 1 aliphatic rings. The summed E-state index contributed by atoms with van der Waals surface area (Å²) in [5, 5.41) is 36.4. The molecule has 8 heteroatoms. The molecule has 0 aliphatic carbocycles. The second-order valence-electron chi connectivity index (χ2n) is 6.68. The molecular weight excluding hydrogens is 382 g/mol. The summed E-state index contributed by atoms with van der Waals surface area (Å²) in [6.07, 6.45) is 0.607. The van der Waals surface area contributed by atoms with Crippen LogP contribution in [0.1, 0.15) is 27.2 Å². The molecule has 144 valence electrons. The Morgan fingerprint density at radius 3 is 2.64 bits per heavy atom. The smallest absolute Gasteiger partial charge is 0.254 e. The van der Waals surface area contributed by atoms with Gasteiger partial charge in [-0.2, -0.15) is 5.10 Å². The minimum absolute atomic E-state index is 0.0708. The third-order valence-electron chi connectivity index (χ3n) is 4.92. The van der Waals surface area contributed by atoms with Gasteiger partial charge in [0.2, 0.25) is 0 Å². The number of amides is 1. The zero-order valence-electron chi connectivity index (χ0n) is 14.8. The number of rotatable bonds is 3. The fourth-order valence-corrected chi connectivity index (χ4v) is 3.53. The Balaban J connectivity index is 1.64. The summed E-state index contributed by atoms with van der Waals surface area (Å²) >= 11 is 5.99. The van der Waals surface area contributed by atoms with Crippen molar-refractivity contribution in [2.75, 3.05) is 6.54 Å². The van der Waals surface area contributed by atoms with E-state index in [-0.39, 0.29) is 29.0 Å². The molecule has 4 rings (SSSR count). The summed E-state index contributed by atoms with van der Waals surface area (Å²) < 4.78 is 0. The van der Waals surface area contributed by atoms with Crippen LogP contribution in [0.25, 0.3) is 11.3 Å². The average Bonchev–Trinajstić information content (AvgIpc) is 3.13. The lowest BCUT2D eigenvalue weighted by molar-refractivity contribution is 0.0734. The number of aromatic nitrogens is 2. The van der Waals surface area contributed by atoms with E-state index in [1.807, 2.05) is 0 Å². The summed E-state index contributed by atoms with van der Waals surface area (Å²) in [6, 6.07) is 9.48. The van der Waals surface area contributed by atoms with Gasteiger partial charge in [-0.25, -0.2) is 0 Å². The van der Waals surface area contributed by atoms with Crippen LogP contribution < -0.4 is 0 Å². The van der Waals surface area contributed by atoms with Gasteiger partial charge >= 0.3 is 0 Å². The number of phenolic OH excluding ortho intramolecular Hbond substituents is 2. The average molecular weight is 400 g/mol. The van der Waals surface area contributed by atoms with Crippen molar-refractivity contribution in [2.45, 2.75) is 19.6 Å². The number of carbonyl (C=O) groups excluding carboxylic acids is 1. The molecule has 0 saturated carbocycles. The van der Waals surface area contributed by atoms with Crippen LogP contribution in [0.15, 0.2) is 36.4 Å². The second-order valence-corrected chi connectivity index (χ2v) is 7.09. The molecular formula is C20H18ClN3O4. The number of nitrogens with zero attached hydrogens (tertiary/aromatic N) is 2. The van der Waals surface area contributed by atoms with Crippen LogP contribution in [-0.2, 0) is 19.6 Å². The van der Waals surface area contributed by atoms with Crippen molar-refractivity contribution in [3.05, 3.63) is 63.8 Å². The predicted molar refractivity (Wildman–Crippen MR) is 103 cm³/mol. The monoisotopic (exact) mass is 399 g/mol. The first-order valence-corrected chi connectivity index (χ1v) is 9.12. The highest BCUT2D eigenvalue weighted by Gasteiger charge is 2.27. The third kappa shape index (κ3) is 3.19. The Labute approximate surface area is 165 Å². The number of phenols is 2. The highest BCUT2D eigenvalue weighted by Crippen LogP contribution is 2.39. The van der Waals surface area contributed by atoms with Crippen LogP contribution in [0.3, 0.4) is 0 Å². The Morgan fingerprint density at radius 2 is 1.93 bits per heavy atom. The van der Waals surface area contributed by atoms with Crippen molar-refractivity contribution >= 4 is 17.5 Å². The third-order valence-corrected chi connectivity index (χ3v) is 5.23. The molecule has 2 aromatic carbocycles. The predicted octanol–water partition coefficient (Wildman–Crippen LogP) is 2.83. The maximum absolute atomic E-state index is 12.9. The Bertz CT molecular complexity index is 1050. The van der Waals surface area contributed by atoms with E-state index in [4.69, 9.17) is 16.7 Å². The number of aromatic hydroxyl groups is 2. The lowest BCUT2D eigenvalue weighted by Crippen LogP contribution is -2.35. The van der Waals surface area contributed by atoms with Gasteiger partial charge in [-0.15, -0.1) is 0 Å². The molecule has 3 aromatic rings. The number of hydrogen-bond donors (Lipinski definition) is 4. The molecule has 0 radical (unpaired) electrons. The number of halogens is 1. The first-order valence-electron chi connectivity index (χ1n) is 8.75. The molecule has 0 unspecified atom stereocenters. The maximum atomic E-state index is 12.9. The zero-order valence-corrected chi connectivity index (χ0v) is 15.6. The normalized spacial score (nSPS) is 13.4. The fourth-order valence-electron chi connectivity index (χ4n) is 3.37. The summed E-state index contributed by atoms with van der Waals surface area (Å²) in [7, 11) is 0. The first kappa shape index (κ1) is 18.3. The largest absolute Gasteiger partial charge is 0.507 e. The van der Waals surface area contributed by atoms with Crippen LogP contribution in [0.2, 0.25) is 5.02 Å². The van der Waals surface area contributed by atoms with Gasteiger partial charge in [0.15, 0.2) is 0 Å². The van der Waals surface area contributed by atoms with Crippen LogP contribution in [0.5, 0.6) is 11.5 Å². The fraction of sp³-hybridized carbons (Fsp3) is 0.200. The molecule has 7 nitrogen and oxygen atoms in total.